The van der Waals surface area contributed by atoms with E-state index >= 15 is 0 Å². The summed E-state index contributed by atoms with van der Waals surface area (Å²) < 4.78 is 15.7. The molecule has 1 heterocycles. The molecule has 100 valence electrons. The monoisotopic (exact) mass is 252 g/mol. The zero-order valence-corrected chi connectivity index (χ0v) is 10.7. The molecule has 1 aromatic carbocycles. The predicted molar refractivity (Wildman–Crippen MR) is 67.6 cm³/mol. The molecule has 0 bridgehead atoms. The highest BCUT2D eigenvalue weighted by Crippen LogP contribution is 2.16. The van der Waals surface area contributed by atoms with Gasteiger partial charge in [0, 0.05) is 6.42 Å². The first-order chi connectivity index (χ1) is 8.78. The summed E-state index contributed by atoms with van der Waals surface area (Å²) in [6, 6.07) is 7.91. The smallest absolute Gasteiger partial charge is 0.160 e. The zero-order chi connectivity index (χ0) is 12.8. The quantitative estimate of drug-likeness (QED) is 0.838. The van der Waals surface area contributed by atoms with Crippen LogP contribution in [0.25, 0.3) is 0 Å². The molecule has 0 aromatic heterocycles. The van der Waals surface area contributed by atoms with Crippen LogP contribution in [0.15, 0.2) is 24.3 Å². The Bertz CT molecular complexity index is 343. The Hall–Kier alpha value is -1.10. The summed E-state index contributed by atoms with van der Waals surface area (Å²) in [5, 5.41) is 9.89. The van der Waals surface area contributed by atoms with Crippen LogP contribution in [0.4, 0.5) is 0 Å². The zero-order valence-electron chi connectivity index (χ0n) is 10.7. The molecule has 0 amide bonds. The Kier molecular flexibility index (Phi) is 4.99. The van der Waals surface area contributed by atoms with Gasteiger partial charge in [0.1, 0.15) is 5.75 Å². The van der Waals surface area contributed by atoms with Crippen molar-refractivity contribution in [2.24, 2.45) is 0 Å². The molecule has 1 atom stereocenters. The number of aliphatic hydroxyl groups is 1. The van der Waals surface area contributed by atoms with E-state index in [9.17, 15) is 5.11 Å². The maximum atomic E-state index is 9.89. The van der Waals surface area contributed by atoms with Crippen LogP contribution >= 0.6 is 0 Å². The van der Waals surface area contributed by atoms with Gasteiger partial charge in [0.25, 0.3) is 0 Å². The first-order valence-corrected chi connectivity index (χ1v) is 6.32. The van der Waals surface area contributed by atoms with Crippen LogP contribution in [-0.2, 0) is 15.9 Å². The third kappa shape index (κ3) is 3.98. The van der Waals surface area contributed by atoms with Crippen molar-refractivity contribution in [3.63, 3.8) is 0 Å². The highest BCUT2D eigenvalue weighted by molar-refractivity contribution is 5.27. The fourth-order valence-electron chi connectivity index (χ4n) is 2.01. The van der Waals surface area contributed by atoms with Crippen LogP contribution in [-0.4, -0.2) is 37.8 Å². The van der Waals surface area contributed by atoms with Crippen molar-refractivity contribution in [3.05, 3.63) is 29.8 Å². The Morgan fingerprint density at radius 2 is 1.94 bits per heavy atom. The third-order valence-corrected chi connectivity index (χ3v) is 3.08. The van der Waals surface area contributed by atoms with Crippen LogP contribution in [0, 0.1) is 0 Å². The van der Waals surface area contributed by atoms with Crippen LogP contribution < -0.4 is 4.74 Å². The molecular formula is C14H20O4. The number of rotatable bonds is 6. The molecule has 0 spiro atoms. The van der Waals surface area contributed by atoms with Crippen molar-refractivity contribution in [1.29, 1.82) is 0 Å². The lowest BCUT2D eigenvalue weighted by molar-refractivity contribution is -0.0709. The van der Waals surface area contributed by atoms with Gasteiger partial charge in [0.2, 0.25) is 0 Å². The molecule has 2 rings (SSSR count). The predicted octanol–water partition coefficient (Wildman–Crippen LogP) is 1.75. The Balaban J connectivity index is 1.72. The maximum Gasteiger partial charge on any atom is 0.160 e. The summed E-state index contributed by atoms with van der Waals surface area (Å²) in [4.78, 5) is 0. The molecule has 0 radical (unpaired) electrons. The van der Waals surface area contributed by atoms with Gasteiger partial charge in [-0.25, -0.2) is 0 Å². The molecular weight excluding hydrogens is 232 g/mol. The van der Waals surface area contributed by atoms with E-state index in [1.54, 1.807) is 7.11 Å². The highest BCUT2D eigenvalue weighted by Gasteiger charge is 2.19. The largest absolute Gasteiger partial charge is 0.497 e. The first-order valence-electron chi connectivity index (χ1n) is 6.32. The van der Waals surface area contributed by atoms with Crippen molar-refractivity contribution in [3.8, 4) is 5.75 Å². The van der Waals surface area contributed by atoms with Gasteiger partial charge in [0.15, 0.2) is 6.29 Å². The van der Waals surface area contributed by atoms with Crippen molar-refractivity contribution in [1.82, 2.24) is 0 Å². The van der Waals surface area contributed by atoms with Gasteiger partial charge in [-0.05, 0) is 30.5 Å². The summed E-state index contributed by atoms with van der Waals surface area (Å²) in [7, 11) is 1.65. The van der Waals surface area contributed by atoms with Gasteiger partial charge in [-0.15, -0.1) is 0 Å². The molecule has 4 nitrogen and oxygen atoms in total. The summed E-state index contributed by atoms with van der Waals surface area (Å²) in [5.74, 6) is 0.854. The molecule has 4 heteroatoms. The average molecular weight is 252 g/mol. The van der Waals surface area contributed by atoms with E-state index in [0.717, 1.165) is 18.6 Å². The van der Waals surface area contributed by atoms with E-state index < -0.39 is 0 Å². The summed E-state index contributed by atoms with van der Waals surface area (Å²) >= 11 is 0. The van der Waals surface area contributed by atoms with Gasteiger partial charge in [0.05, 0.1) is 26.4 Å². The van der Waals surface area contributed by atoms with Crippen LogP contribution in [0.5, 0.6) is 5.75 Å². The molecule has 1 aliphatic heterocycles. The van der Waals surface area contributed by atoms with E-state index in [1.807, 2.05) is 24.3 Å². The van der Waals surface area contributed by atoms with Crippen molar-refractivity contribution >= 4 is 0 Å². The normalized spacial score (nSPS) is 17.9. The number of aliphatic hydroxyl groups excluding tert-OH is 1. The van der Waals surface area contributed by atoms with Gasteiger partial charge < -0.3 is 19.3 Å². The molecule has 1 aromatic rings. The van der Waals surface area contributed by atoms with E-state index in [2.05, 4.69) is 0 Å². The second-order valence-electron chi connectivity index (χ2n) is 4.45. The Labute approximate surface area is 107 Å². The minimum absolute atomic E-state index is 0.226. The number of ether oxygens (including phenoxy) is 3. The van der Waals surface area contributed by atoms with Crippen LogP contribution in [0.2, 0.25) is 0 Å². The SMILES string of the molecule is COc1ccc(CCC(O)CC2OCCO2)cc1. The fourth-order valence-corrected chi connectivity index (χ4v) is 2.01. The first kappa shape index (κ1) is 13.3. The lowest BCUT2D eigenvalue weighted by atomic mass is 10.0. The number of benzene rings is 1. The standard InChI is InChI=1S/C14H20O4/c1-16-13-6-3-11(4-7-13)2-5-12(15)10-14-17-8-9-18-14/h3-4,6-7,12,14-15H,2,5,8-10H2,1H3. The van der Waals surface area contributed by atoms with Crippen LogP contribution in [0.3, 0.4) is 0 Å². The minimum atomic E-state index is -0.379. The van der Waals surface area contributed by atoms with Gasteiger partial charge in [-0.2, -0.15) is 0 Å². The summed E-state index contributed by atoms with van der Waals surface area (Å²) in [6.07, 6.45) is 1.51. The van der Waals surface area contributed by atoms with Gasteiger partial charge in [-0.1, -0.05) is 12.1 Å². The lowest BCUT2D eigenvalue weighted by Gasteiger charge is -2.14. The molecule has 0 aliphatic carbocycles. The number of methoxy groups -OCH3 is 1. The topological polar surface area (TPSA) is 47.9 Å². The minimum Gasteiger partial charge on any atom is -0.497 e. The van der Waals surface area contributed by atoms with E-state index in [0.29, 0.717) is 19.6 Å². The number of aryl methyl sites for hydroxylation is 1. The molecule has 1 saturated heterocycles. The maximum absolute atomic E-state index is 9.89. The molecule has 1 fully saturated rings. The lowest BCUT2D eigenvalue weighted by Crippen LogP contribution is -2.19. The van der Waals surface area contributed by atoms with E-state index in [1.165, 1.54) is 5.56 Å². The van der Waals surface area contributed by atoms with Gasteiger partial charge in [-0.3, -0.25) is 0 Å². The van der Waals surface area contributed by atoms with Crippen LogP contribution in [0.1, 0.15) is 18.4 Å². The number of hydrogen-bond acceptors (Lipinski definition) is 4. The van der Waals surface area contributed by atoms with E-state index in [4.69, 9.17) is 14.2 Å². The molecule has 1 aliphatic rings. The molecule has 0 saturated carbocycles. The fraction of sp³-hybridized carbons (Fsp3) is 0.571. The van der Waals surface area contributed by atoms with Crippen molar-refractivity contribution in [2.45, 2.75) is 31.7 Å². The van der Waals surface area contributed by atoms with Gasteiger partial charge >= 0.3 is 0 Å². The number of hydrogen-bond donors (Lipinski definition) is 1. The molecule has 1 N–H and O–H groups in total. The second kappa shape index (κ2) is 6.73. The van der Waals surface area contributed by atoms with Crippen molar-refractivity contribution in [2.75, 3.05) is 20.3 Å². The second-order valence-corrected chi connectivity index (χ2v) is 4.45. The Morgan fingerprint density at radius 1 is 1.28 bits per heavy atom. The molecule has 18 heavy (non-hydrogen) atoms. The van der Waals surface area contributed by atoms with Crippen molar-refractivity contribution < 1.29 is 19.3 Å². The van der Waals surface area contributed by atoms with E-state index in [-0.39, 0.29) is 12.4 Å². The third-order valence-electron chi connectivity index (χ3n) is 3.08. The Morgan fingerprint density at radius 3 is 2.56 bits per heavy atom. The summed E-state index contributed by atoms with van der Waals surface area (Å²) in [5.41, 5.74) is 1.20. The summed E-state index contributed by atoms with van der Waals surface area (Å²) in [6.45, 7) is 1.27. The highest BCUT2D eigenvalue weighted by atomic mass is 16.7. The average Bonchev–Trinajstić information content (AvgIpc) is 2.90. The molecule has 1 unspecified atom stereocenters.